The number of nitrogens with one attached hydrogen (secondary N) is 1. The van der Waals surface area contributed by atoms with Gasteiger partial charge in [-0.1, -0.05) is 58.7 Å². The van der Waals surface area contributed by atoms with Gasteiger partial charge in [0.2, 0.25) is 17.6 Å². The Kier molecular flexibility index (Phi) is 5.13. The molecule has 1 heterocycles. The summed E-state index contributed by atoms with van der Waals surface area (Å²) in [7, 11) is 0. The molecule has 0 radical (unpaired) electrons. The van der Waals surface area contributed by atoms with E-state index in [-0.39, 0.29) is 12.3 Å². The molecule has 122 valence electrons. The highest BCUT2D eigenvalue weighted by Crippen LogP contribution is 2.25. The van der Waals surface area contributed by atoms with Gasteiger partial charge in [-0.2, -0.15) is 4.98 Å². The smallest absolute Gasteiger partial charge is 0.227 e. The van der Waals surface area contributed by atoms with Gasteiger partial charge >= 0.3 is 0 Å². The first-order valence-electron chi connectivity index (χ1n) is 7.25. The van der Waals surface area contributed by atoms with Crippen molar-refractivity contribution in [1.29, 1.82) is 0 Å². The van der Waals surface area contributed by atoms with E-state index in [9.17, 15) is 4.79 Å². The van der Waals surface area contributed by atoms with Crippen molar-refractivity contribution >= 4 is 34.8 Å². The molecule has 0 aliphatic rings. The molecule has 0 aliphatic heterocycles. The number of hydrogen-bond donors (Lipinski definition) is 1. The first-order chi connectivity index (χ1) is 11.6. The number of benzene rings is 2. The van der Waals surface area contributed by atoms with E-state index in [1.807, 2.05) is 30.3 Å². The van der Waals surface area contributed by atoms with E-state index in [1.165, 1.54) is 0 Å². The third kappa shape index (κ3) is 4.13. The number of amides is 1. The van der Waals surface area contributed by atoms with Crippen molar-refractivity contribution in [2.24, 2.45) is 0 Å². The number of rotatable bonds is 5. The lowest BCUT2D eigenvalue weighted by Crippen LogP contribution is -2.12. The molecule has 1 amide bonds. The van der Waals surface area contributed by atoms with Crippen molar-refractivity contribution in [2.45, 2.75) is 12.8 Å². The second kappa shape index (κ2) is 7.47. The van der Waals surface area contributed by atoms with E-state index in [2.05, 4.69) is 15.5 Å². The third-order valence-corrected chi connectivity index (χ3v) is 3.82. The third-order valence-electron chi connectivity index (χ3n) is 3.27. The van der Waals surface area contributed by atoms with Crippen LogP contribution in [-0.2, 0) is 11.2 Å². The van der Waals surface area contributed by atoms with Gasteiger partial charge in [0.05, 0.1) is 10.7 Å². The Morgan fingerprint density at radius 2 is 1.92 bits per heavy atom. The summed E-state index contributed by atoms with van der Waals surface area (Å²) in [5.41, 5.74) is 1.38. The van der Waals surface area contributed by atoms with Crippen LogP contribution in [0, 0.1) is 0 Å². The van der Waals surface area contributed by atoms with Crippen molar-refractivity contribution in [2.75, 3.05) is 5.32 Å². The molecule has 3 rings (SSSR count). The lowest BCUT2D eigenvalue weighted by Gasteiger charge is -2.06. The molecule has 1 N–H and O–H groups in total. The molecule has 0 bridgehead atoms. The van der Waals surface area contributed by atoms with Crippen LogP contribution in [0.5, 0.6) is 0 Å². The Hall–Kier alpha value is -2.37. The second-order valence-corrected chi connectivity index (χ2v) is 5.89. The highest BCUT2D eigenvalue weighted by atomic mass is 35.5. The van der Waals surface area contributed by atoms with Crippen molar-refractivity contribution in [3.63, 3.8) is 0 Å². The molecule has 0 unspecified atom stereocenters. The average molecular weight is 362 g/mol. The number of anilines is 1. The zero-order valence-corrected chi connectivity index (χ0v) is 14.0. The highest BCUT2D eigenvalue weighted by Gasteiger charge is 2.11. The van der Waals surface area contributed by atoms with Gasteiger partial charge in [-0.15, -0.1) is 0 Å². The van der Waals surface area contributed by atoms with Gasteiger partial charge in [0.15, 0.2) is 0 Å². The maximum absolute atomic E-state index is 12.0. The van der Waals surface area contributed by atoms with Crippen LogP contribution in [0.4, 0.5) is 5.69 Å². The molecule has 7 heteroatoms. The van der Waals surface area contributed by atoms with E-state index in [0.29, 0.717) is 33.9 Å². The molecule has 0 spiro atoms. The van der Waals surface area contributed by atoms with Crippen molar-refractivity contribution in [1.82, 2.24) is 10.1 Å². The predicted molar refractivity (Wildman–Crippen MR) is 93.1 cm³/mol. The Morgan fingerprint density at radius 3 is 2.67 bits per heavy atom. The van der Waals surface area contributed by atoms with E-state index < -0.39 is 0 Å². The fourth-order valence-corrected chi connectivity index (χ4v) is 2.54. The highest BCUT2D eigenvalue weighted by molar-refractivity contribution is 6.36. The average Bonchev–Trinajstić information content (AvgIpc) is 3.05. The second-order valence-electron chi connectivity index (χ2n) is 5.05. The molecular weight excluding hydrogens is 349 g/mol. The maximum Gasteiger partial charge on any atom is 0.227 e. The summed E-state index contributed by atoms with van der Waals surface area (Å²) in [5.74, 6) is 0.719. The van der Waals surface area contributed by atoms with E-state index >= 15 is 0 Å². The first kappa shape index (κ1) is 16.5. The summed E-state index contributed by atoms with van der Waals surface area (Å²) in [5, 5.41) is 7.55. The van der Waals surface area contributed by atoms with Gasteiger partial charge in [0.1, 0.15) is 0 Å². The van der Waals surface area contributed by atoms with Crippen LogP contribution in [0.2, 0.25) is 10.0 Å². The fourth-order valence-electron chi connectivity index (χ4n) is 2.08. The zero-order valence-electron chi connectivity index (χ0n) is 12.5. The van der Waals surface area contributed by atoms with Crippen LogP contribution in [0.1, 0.15) is 12.3 Å². The normalized spacial score (nSPS) is 10.6. The summed E-state index contributed by atoms with van der Waals surface area (Å²) in [6.45, 7) is 0. The van der Waals surface area contributed by atoms with Gasteiger partial charge in [0.25, 0.3) is 0 Å². The number of nitrogens with zero attached hydrogens (tertiary/aromatic N) is 2. The molecule has 24 heavy (non-hydrogen) atoms. The Bertz CT molecular complexity index is 850. The van der Waals surface area contributed by atoms with E-state index in [1.54, 1.807) is 18.2 Å². The van der Waals surface area contributed by atoms with E-state index in [0.717, 1.165) is 5.56 Å². The van der Waals surface area contributed by atoms with Crippen LogP contribution in [-0.4, -0.2) is 16.0 Å². The molecule has 0 atom stereocenters. The number of carbonyl (C=O) groups excluding carboxylic acids is 1. The molecule has 0 saturated heterocycles. The van der Waals surface area contributed by atoms with Crippen LogP contribution in [0.25, 0.3) is 11.4 Å². The van der Waals surface area contributed by atoms with Crippen LogP contribution in [0.15, 0.2) is 53.1 Å². The van der Waals surface area contributed by atoms with Gasteiger partial charge in [-0.05, 0) is 18.2 Å². The maximum atomic E-state index is 12.0. The van der Waals surface area contributed by atoms with Gasteiger partial charge in [-0.3, -0.25) is 4.79 Å². The predicted octanol–water partition coefficient (Wildman–Crippen LogP) is 4.61. The lowest BCUT2D eigenvalue weighted by atomic mass is 10.2. The fraction of sp³-hybridized carbons (Fsp3) is 0.118. The van der Waals surface area contributed by atoms with Gasteiger partial charge in [-0.25, -0.2) is 0 Å². The number of hydrogen-bond acceptors (Lipinski definition) is 4. The minimum absolute atomic E-state index is 0.196. The minimum atomic E-state index is -0.196. The first-order valence-corrected chi connectivity index (χ1v) is 8.00. The summed E-state index contributed by atoms with van der Waals surface area (Å²) in [6, 6.07) is 14.4. The molecule has 0 aliphatic carbocycles. The number of carbonyl (C=O) groups is 1. The molecule has 2 aromatic carbocycles. The Labute approximate surface area is 148 Å². The summed E-state index contributed by atoms with van der Waals surface area (Å²) in [4.78, 5) is 16.3. The van der Waals surface area contributed by atoms with Crippen molar-refractivity contribution in [3.05, 3.63) is 64.5 Å². The molecule has 0 saturated carbocycles. The van der Waals surface area contributed by atoms with Crippen LogP contribution < -0.4 is 5.32 Å². The monoisotopic (exact) mass is 361 g/mol. The van der Waals surface area contributed by atoms with Crippen molar-refractivity contribution in [3.8, 4) is 11.4 Å². The van der Waals surface area contributed by atoms with Gasteiger partial charge in [0, 0.05) is 23.4 Å². The van der Waals surface area contributed by atoms with E-state index in [4.69, 9.17) is 27.7 Å². The standard InChI is InChI=1S/C17H13Cl2N3O2/c18-12-6-7-14(13(19)10-12)20-15(23)8-9-16-21-17(22-24-16)11-4-2-1-3-5-11/h1-7,10H,8-9H2,(H,20,23). The SMILES string of the molecule is O=C(CCc1nc(-c2ccccc2)no1)Nc1ccc(Cl)cc1Cl. The molecule has 3 aromatic rings. The molecular formula is C17H13Cl2N3O2. The summed E-state index contributed by atoms with van der Waals surface area (Å²) < 4.78 is 5.17. The molecule has 5 nitrogen and oxygen atoms in total. The number of halogens is 2. The van der Waals surface area contributed by atoms with Crippen molar-refractivity contribution < 1.29 is 9.32 Å². The topological polar surface area (TPSA) is 68.0 Å². The zero-order chi connectivity index (χ0) is 16.9. The Morgan fingerprint density at radius 1 is 1.12 bits per heavy atom. The largest absolute Gasteiger partial charge is 0.339 e. The van der Waals surface area contributed by atoms with Crippen LogP contribution in [0.3, 0.4) is 0 Å². The number of aryl methyl sites for hydroxylation is 1. The van der Waals surface area contributed by atoms with Crippen LogP contribution >= 0.6 is 23.2 Å². The molecule has 0 fully saturated rings. The van der Waals surface area contributed by atoms with Gasteiger partial charge < -0.3 is 9.84 Å². The number of aromatic nitrogens is 2. The lowest BCUT2D eigenvalue weighted by molar-refractivity contribution is -0.116. The Balaban J connectivity index is 1.58. The quantitative estimate of drug-likeness (QED) is 0.719. The minimum Gasteiger partial charge on any atom is -0.339 e. The molecule has 1 aromatic heterocycles. The summed E-state index contributed by atoms with van der Waals surface area (Å²) >= 11 is 11.8. The summed E-state index contributed by atoms with van der Waals surface area (Å²) in [6.07, 6.45) is 0.548.